The van der Waals surface area contributed by atoms with Crippen LogP contribution in [0.4, 0.5) is 19.3 Å². The van der Waals surface area contributed by atoms with Gasteiger partial charge in [-0.2, -0.15) is 0 Å². The molecule has 1 N–H and O–H groups in total. The van der Waals surface area contributed by atoms with Crippen LogP contribution in [0.3, 0.4) is 0 Å². The van der Waals surface area contributed by atoms with Crippen LogP contribution >= 0.6 is 22.9 Å². The highest BCUT2D eigenvalue weighted by atomic mass is 35.5. The molecule has 0 bridgehead atoms. The van der Waals surface area contributed by atoms with Crippen LogP contribution in [0.2, 0.25) is 5.02 Å². The molecule has 47 heavy (non-hydrogen) atoms. The molecular formula is C33H34ClF2N3O6S2. The van der Waals surface area contributed by atoms with E-state index in [0.29, 0.717) is 42.7 Å². The van der Waals surface area contributed by atoms with Crippen LogP contribution in [0, 0.1) is 11.6 Å². The van der Waals surface area contributed by atoms with Crippen molar-refractivity contribution in [1.82, 2.24) is 9.80 Å². The number of benzene rings is 3. The molecule has 1 saturated carbocycles. The van der Waals surface area contributed by atoms with E-state index in [1.54, 1.807) is 35.2 Å². The number of amides is 2. The summed E-state index contributed by atoms with van der Waals surface area (Å²) in [6.45, 7) is 0.0738. The normalized spacial score (nSPS) is 16.6. The largest absolute Gasteiger partial charge is 0.496 e. The number of halogens is 3. The molecule has 2 amide bonds. The summed E-state index contributed by atoms with van der Waals surface area (Å²) in [5.74, 6) is -1.39. The fourth-order valence-corrected chi connectivity index (χ4v) is 7.98. The van der Waals surface area contributed by atoms with Gasteiger partial charge in [-0.05, 0) is 73.2 Å². The fourth-order valence-electron chi connectivity index (χ4n) is 5.97. The number of hydrogen-bond acceptors (Lipinski definition) is 6. The number of sulfonamides is 1. The summed E-state index contributed by atoms with van der Waals surface area (Å²) >= 11 is 7.36. The van der Waals surface area contributed by atoms with Crippen molar-refractivity contribution in [2.75, 3.05) is 31.8 Å². The summed E-state index contributed by atoms with van der Waals surface area (Å²) in [6.07, 6.45) is 2.13. The predicted molar refractivity (Wildman–Crippen MR) is 180 cm³/mol. The van der Waals surface area contributed by atoms with Crippen LogP contribution in [-0.2, 0) is 16.6 Å². The SMILES string of the molecule is COc1ccc(-c2ccc(N(C)S(C)(=O)=O)cc2)cc1CN(C(=O)c1sc2c(F)ccc(F)c2c1Cl)C1CCC(N(C)C(=O)O)CC1. The second-order valence-corrected chi connectivity index (χ2v) is 15.0. The lowest BCUT2D eigenvalue weighted by molar-refractivity contribution is 0.0555. The van der Waals surface area contributed by atoms with Gasteiger partial charge in [0.25, 0.3) is 5.91 Å². The van der Waals surface area contributed by atoms with Gasteiger partial charge in [0.2, 0.25) is 10.0 Å². The van der Waals surface area contributed by atoms with Gasteiger partial charge in [-0.3, -0.25) is 9.10 Å². The molecule has 0 radical (unpaired) electrons. The van der Waals surface area contributed by atoms with E-state index in [2.05, 4.69) is 0 Å². The highest BCUT2D eigenvalue weighted by Crippen LogP contribution is 2.41. The maximum atomic E-state index is 14.8. The summed E-state index contributed by atoms with van der Waals surface area (Å²) in [6, 6.07) is 13.9. The fraction of sp³-hybridized carbons (Fsp3) is 0.333. The maximum absolute atomic E-state index is 14.8. The Labute approximate surface area is 281 Å². The van der Waals surface area contributed by atoms with Gasteiger partial charge in [-0.15, -0.1) is 11.3 Å². The molecule has 250 valence electrons. The molecule has 9 nitrogen and oxygen atoms in total. The Kier molecular flexibility index (Phi) is 9.99. The molecule has 1 fully saturated rings. The minimum Gasteiger partial charge on any atom is -0.496 e. The number of thiophene rings is 1. The number of carboxylic acid groups (broad SMARTS) is 1. The van der Waals surface area contributed by atoms with Crippen molar-refractivity contribution in [2.24, 2.45) is 0 Å². The van der Waals surface area contributed by atoms with E-state index in [9.17, 15) is 31.9 Å². The Morgan fingerprint density at radius 2 is 1.55 bits per heavy atom. The number of carbonyl (C=O) groups is 2. The number of fused-ring (bicyclic) bond motifs is 1. The molecule has 3 aromatic carbocycles. The first-order valence-corrected chi connectivity index (χ1v) is 17.8. The van der Waals surface area contributed by atoms with Gasteiger partial charge in [-0.25, -0.2) is 22.0 Å². The van der Waals surface area contributed by atoms with Crippen molar-refractivity contribution in [2.45, 2.75) is 44.3 Å². The van der Waals surface area contributed by atoms with E-state index in [1.165, 1.54) is 30.4 Å². The van der Waals surface area contributed by atoms with Gasteiger partial charge < -0.3 is 19.6 Å². The zero-order valence-corrected chi connectivity index (χ0v) is 28.6. The lowest BCUT2D eigenvalue weighted by Crippen LogP contribution is -2.46. The lowest BCUT2D eigenvalue weighted by Gasteiger charge is -2.39. The van der Waals surface area contributed by atoms with Crippen molar-refractivity contribution in [3.05, 3.63) is 81.7 Å². The van der Waals surface area contributed by atoms with Gasteiger partial charge in [0.15, 0.2) is 0 Å². The summed E-state index contributed by atoms with van der Waals surface area (Å²) in [5, 5.41) is 9.19. The third kappa shape index (κ3) is 7.02. The van der Waals surface area contributed by atoms with Gasteiger partial charge >= 0.3 is 6.09 Å². The summed E-state index contributed by atoms with van der Waals surface area (Å²) < 4.78 is 60.2. The summed E-state index contributed by atoms with van der Waals surface area (Å²) in [4.78, 5) is 28.8. The molecule has 0 saturated heterocycles. The van der Waals surface area contributed by atoms with Crippen LogP contribution in [0.1, 0.15) is 40.9 Å². The van der Waals surface area contributed by atoms with E-state index in [0.717, 1.165) is 40.9 Å². The second-order valence-electron chi connectivity index (χ2n) is 11.6. The molecule has 4 aromatic rings. The van der Waals surface area contributed by atoms with Gasteiger partial charge in [-0.1, -0.05) is 29.8 Å². The first-order valence-electron chi connectivity index (χ1n) is 14.7. The average Bonchev–Trinajstić information content (AvgIpc) is 3.42. The van der Waals surface area contributed by atoms with Crippen molar-refractivity contribution in [3.63, 3.8) is 0 Å². The smallest absolute Gasteiger partial charge is 0.407 e. The van der Waals surface area contributed by atoms with Gasteiger partial charge in [0, 0.05) is 38.3 Å². The topological polar surface area (TPSA) is 107 Å². The summed E-state index contributed by atoms with van der Waals surface area (Å²) in [7, 11) is 1.08. The Balaban J connectivity index is 1.52. The Bertz CT molecular complexity index is 1930. The highest BCUT2D eigenvalue weighted by Gasteiger charge is 2.35. The molecule has 0 aliphatic heterocycles. The van der Waals surface area contributed by atoms with Crippen LogP contribution < -0.4 is 9.04 Å². The van der Waals surface area contributed by atoms with Gasteiger partial charge in [0.1, 0.15) is 22.3 Å². The van der Waals surface area contributed by atoms with Crippen LogP contribution in [0.5, 0.6) is 5.75 Å². The molecular weight excluding hydrogens is 672 g/mol. The highest BCUT2D eigenvalue weighted by molar-refractivity contribution is 7.92. The molecule has 1 aromatic heterocycles. The first kappa shape index (κ1) is 34.4. The Morgan fingerprint density at radius 3 is 2.13 bits per heavy atom. The van der Waals surface area contributed by atoms with Gasteiger partial charge in [0.05, 0.1) is 34.2 Å². The van der Waals surface area contributed by atoms with E-state index in [-0.39, 0.29) is 38.6 Å². The Morgan fingerprint density at radius 1 is 0.957 bits per heavy atom. The average molecular weight is 706 g/mol. The Hall–Kier alpha value is -3.94. The summed E-state index contributed by atoms with van der Waals surface area (Å²) in [5.41, 5.74) is 2.75. The minimum absolute atomic E-state index is 0.0103. The number of hydrogen-bond donors (Lipinski definition) is 1. The molecule has 14 heteroatoms. The van der Waals surface area contributed by atoms with Crippen molar-refractivity contribution in [1.29, 1.82) is 0 Å². The van der Waals surface area contributed by atoms with E-state index in [4.69, 9.17) is 16.3 Å². The first-order chi connectivity index (χ1) is 22.2. The van der Waals surface area contributed by atoms with Crippen molar-refractivity contribution >= 4 is 60.7 Å². The number of carbonyl (C=O) groups excluding carboxylic acids is 1. The van der Waals surface area contributed by atoms with E-state index < -0.39 is 33.7 Å². The molecule has 0 unspecified atom stereocenters. The minimum atomic E-state index is -3.44. The van der Waals surface area contributed by atoms with Crippen LogP contribution in [0.25, 0.3) is 21.2 Å². The molecule has 0 atom stereocenters. The molecule has 1 aliphatic carbocycles. The standard InChI is InChI=1S/C33H34ClF2N3O6S2/c1-37(33(41)42)22-10-12-24(13-11-22)39(32(40)31-29(34)28-25(35)14-15-26(36)30(28)46-31)18-21-17-20(7-16-27(21)45-3)19-5-8-23(9-6-19)38(2)47(4,43)44/h5-9,14-17,22,24H,10-13,18H2,1-4H3,(H,41,42). The number of rotatable bonds is 9. The number of methoxy groups -OCH3 is 1. The number of ether oxygens (including phenoxy) is 1. The third-order valence-corrected chi connectivity index (χ3v) is 11.7. The van der Waals surface area contributed by atoms with E-state index >= 15 is 0 Å². The van der Waals surface area contributed by atoms with Crippen molar-refractivity contribution < 1.29 is 36.6 Å². The maximum Gasteiger partial charge on any atom is 0.407 e. The second kappa shape index (κ2) is 13.7. The van der Waals surface area contributed by atoms with Crippen LogP contribution in [-0.4, -0.2) is 74.9 Å². The lowest BCUT2D eigenvalue weighted by atomic mass is 9.89. The van der Waals surface area contributed by atoms with Crippen molar-refractivity contribution in [3.8, 4) is 16.9 Å². The molecule has 1 aliphatic rings. The zero-order valence-electron chi connectivity index (χ0n) is 26.2. The molecule has 0 spiro atoms. The number of anilines is 1. The quantitative estimate of drug-likeness (QED) is 0.194. The monoisotopic (exact) mass is 705 g/mol. The van der Waals surface area contributed by atoms with E-state index in [1.807, 2.05) is 12.1 Å². The third-order valence-electron chi connectivity index (χ3n) is 8.78. The molecule has 1 heterocycles. The predicted octanol–water partition coefficient (Wildman–Crippen LogP) is 7.47. The molecule has 5 rings (SSSR count). The van der Waals surface area contributed by atoms with Crippen LogP contribution in [0.15, 0.2) is 54.6 Å². The number of nitrogens with zero attached hydrogens (tertiary/aromatic N) is 3. The zero-order chi connectivity index (χ0) is 34.2.